The second kappa shape index (κ2) is 7.09. The largest absolute Gasteiger partial charge is 0.468 e. The summed E-state index contributed by atoms with van der Waals surface area (Å²) in [5, 5.41) is 4.08. The summed E-state index contributed by atoms with van der Waals surface area (Å²) >= 11 is 1.92. The van der Waals surface area contributed by atoms with E-state index in [4.69, 9.17) is 9.15 Å². The van der Waals surface area contributed by atoms with Gasteiger partial charge in [-0.2, -0.15) is 0 Å². The molecule has 0 saturated carbocycles. The standard InChI is InChI=1S/C13H21NO2S/c1-11(17-10-13-5-3-7-16-13)8-14-9-12-4-2-6-15-12/h3,5,7,11-12,14H,2,4,6,8-10H2,1H3. The van der Waals surface area contributed by atoms with E-state index in [-0.39, 0.29) is 0 Å². The quantitative estimate of drug-likeness (QED) is 0.812. The summed E-state index contributed by atoms with van der Waals surface area (Å²) in [6.45, 7) is 5.21. The summed E-state index contributed by atoms with van der Waals surface area (Å²) in [5.41, 5.74) is 0. The minimum absolute atomic E-state index is 0.442. The lowest BCUT2D eigenvalue weighted by Crippen LogP contribution is -2.30. The Balaban J connectivity index is 1.52. The predicted octanol–water partition coefficient (Wildman–Crippen LogP) is 2.67. The fourth-order valence-electron chi connectivity index (χ4n) is 1.93. The Morgan fingerprint density at radius 3 is 3.24 bits per heavy atom. The molecular formula is C13H21NO2S. The predicted molar refractivity (Wildman–Crippen MR) is 71.3 cm³/mol. The highest BCUT2D eigenvalue weighted by Crippen LogP contribution is 2.17. The van der Waals surface area contributed by atoms with Gasteiger partial charge in [0.15, 0.2) is 0 Å². The Bertz CT molecular complexity index is 296. The maximum Gasteiger partial charge on any atom is 0.113 e. The molecule has 0 radical (unpaired) electrons. The molecule has 0 bridgehead atoms. The van der Waals surface area contributed by atoms with Gasteiger partial charge in [-0.3, -0.25) is 0 Å². The van der Waals surface area contributed by atoms with E-state index in [1.54, 1.807) is 6.26 Å². The monoisotopic (exact) mass is 255 g/mol. The van der Waals surface area contributed by atoms with Gasteiger partial charge in [0.05, 0.1) is 18.1 Å². The van der Waals surface area contributed by atoms with E-state index < -0.39 is 0 Å². The number of nitrogens with one attached hydrogen (secondary N) is 1. The molecule has 17 heavy (non-hydrogen) atoms. The molecule has 1 saturated heterocycles. The van der Waals surface area contributed by atoms with Gasteiger partial charge in [-0.15, -0.1) is 11.8 Å². The van der Waals surface area contributed by atoms with E-state index in [0.29, 0.717) is 11.4 Å². The van der Waals surface area contributed by atoms with Crippen LogP contribution in [0.1, 0.15) is 25.5 Å². The number of rotatable bonds is 7. The van der Waals surface area contributed by atoms with Crippen molar-refractivity contribution in [1.82, 2.24) is 5.32 Å². The van der Waals surface area contributed by atoms with Crippen LogP contribution in [0.3, 0.4) is 0 Å². The number of thioether (sulfide) groups is 1. The zero-order chi connectivity index (χ0) is 11.9. The zero-order valence-corrected chi connectivity index (χ0v) is 11.2. The number of hydrogen-bond donors (Lipinski definition) is 1. The summed E-state index contributed by atoms with van der Waals surface area (Å²) in [7, 11) is 0. The molecule has 1 aliphatic rings. The van der Waals surface area contributed by atoms with Crippen LogP contribution >= 0.6 is 11.8 Å². The highest BCUT2D eigenvalue weighted by molar-refractivity contribution is 7.99. The Hall–Kier alpha value is -0.450. The number of furan rings is 1. The van der Waals surface area contributed by atoms with Gasteiger partial charge in [0.2, 0.25) is 0 Å². The fraction of sp³-hybridized carbons (Fsp3) is 0.692. The lowest BCUT2D eigenvalue weighted by Gasteiger charge is -2.14. The maximum atomic E-state index is 5.57. The molecule has 2 heterocycles. The molecule has 0 aliphatic carbocycles. The van der Waals surface area contributed by atoms with Crippen LogP contribution in [0.15, 0.2) is 22.8 Å². The molecule has 96 valence electrons. The Morgan fingerprint density at radius 2 is 2.53 bits per heavy atom. The van der Waals surface area contributed by atoms with Crippen LogP contribution in [0, 0.1) is 0 Å². The van der Waals surface area contributed by atoms with Crippen molar-refractivity contribution < 1.29 is 9.15 Å². The maximum absolute atomic E-state index is 5.57. The summed E-state index contributed by atoms with van der Waals surface area (Å²) in [6.07, 6.45) is 4.60. The Kier molecular flexibility index (Phi) is 5.42. The van der Waals surface area contributed by atoms with Crippen LogP contribution < -0.4 is 5.32 Å². The summed E-state index contributed by atoms with van der Waals surface area (Å²) in [4.78, 5) is 0. The van der Waals surface area contributed by atoms with Gasteiger partial charge in [0, 0.05) is 24.9 Å². The average Bonchev–Trinajstić information content (AvgIpc) is 2.99. The van der Waals surface area contributed by atoms with Crippen LogP contribution in [0.25, 0.3) is 0 Å². The van der Waals surface area contributed by atoms with Crippen molar-refractivity contribution in [3.8, 4) is 0 Å². The van der Waals surface area contributed by atoms with Crippen molar-refractivity contribution in [3.63, 3.8) is 0 Å². The summed E-state index contributed by atoms with van der Waals surface area (Å²) in [5.74, 6) is 2.01. The minimum atomic E-state index is 0.442. The summed E-state index contributed by atoms with van der Waals surface area (Å²) < 4.78 is 10.9. The third kappa shape index (κ3) is 4.74. The normalized spacial score (nSPS) is 21.8. The molecule has 1 aromatic rings. The van der Waals surface area contributed by atoms with E-state index in [0.717, 1.165) is 31.2 Å². The third-order valence-corrected chi connectivity index (χ3v) is 4.10. The topological polar surface area (TPSA) is 34.4 Å². The number of ether oxygens (including phenoxy) is 1. The molecule has 2 unspecified atom stereocenters. The molecule has 3 nitrogen and oxygen atoms in total. The first kappa shape index (κ1) is 13.0. The molecule has 1 aromatic heterocycles. The first-order valence-corrected chi connectivity index (χ1v) is 7.36. The summed E-state index contributed by atoms with van der Waals surface area (Å²) in [6, 6.07) is 3.97. The smallest absolute Gasteiger partial charge is 0.113 e. The van der Waals surface area contributed by atoms with Crippen LogP contribution in [-0.4, -0.2) is 31.1 Å². The van der Waals surface area contributed by atoms with Crippen LogP contribution in [0.4, 0.5) is 0 Å². The van der Waals surface area contributed by atoms with Gasteiger partial charge in [0.1, 0.15) is 5.76 Å². The second-order valence-electron chi connectivity index (χ2n) is 4.49. The third-order valence-electron chi connectivity index (χ3n) is 2.92. The molecular weight excluding hydrogens is 234 g/mol. The lowest BCUT2D eigenvalue weighted by molar-refractivity contribution is 0.110. The van der Waals surface area contributed by atoms with Gasteiger partial charge in [-0.1, -0.05) is 6.92 Å². The molecule has 1 aliphatic heterocycles. The van der Waals surface area contributed by atoms with Crippen molar-refractivity contribution in [2.45, 2.75) is 36.9 Å². The Morgan fingerprint density at radius 1 is 1.59 bits per heavy atom. The molecule has 2 atom stereocenters. The molecule has 4 heteroatoms. The molecule has 0 amide bonds. The lowest BCUT2D eigenvalue weighted by atomic mass is 10.2. The molecule has 2 rings (SSSR count). The Labute approximate surface area is 107 Å². The van der Waals surface area contributed by atoms with E-state index in [2.05, 4.69) is 12.2 Å². The minimum Gasteiger partial charge on any atom is -0.468 e. The molecule has 0 spiro atoms. The van der Waals surface area contributed by atoms with Gasteiger partial charge >= 0.3 is 0 Å². The fourth-order valence-corrected chi connectivity index (χ4v) is 2.78. The van der Waals surface area contributed by atoms with Crippen molar-refractivity contribution in [2.24, 2.45) is 0 Å². The van der Waals surface area contributed by atoms with Crippen LogP contribution in [0.5, 0.6) is 0 Å². The first-order chi connectivity index (χ1) is 8.34. The van der Waals surface area contributed by atoms with Crippen molar-refractivity contribution in [3.05, 3.63) is 24.2 Å². The number of hydrogen-bond acceptors (Lipinski definition) is 4. The van der Waals surface area contributed by atoms with E-state index in [9.17, 15) is 0 Å². The average molecular weight is 255 g/mol. The van der Waals surface area contributed by atoms with E-state index in [1.165, 1.54) is 12.8 Å². The van der Waals surface area contributed by atoms with Crippen molar-refractivity contribution in [1.29, 1.82) is 0 Å². The van der Waals surface area contributed by atoms with Gasteiger partial charge in [-0.25, -0.2) is 0 Å². The van der Waals surface area contributed by atoms with Gasteiger partial charge in [-0.05, 0) is 25.0 Å². The van der Waals surface area contributed by atoms with Crippen LogP contribution in [-0.2, 0) is 10.5 Å². The second-order valence-corrected chi connectivity index (χ2v) is 5.92. The highest BCUT2D eigenvalue weighted by atomic mass is 32.2. The zero-order valence-electron chi connectivity index (χ0n) is 10.4. The van der Waals surface area contributed by atoms with Crippen molar-refractivity contribution in [2.75, 3.05) is 19.7 Å². The van der Waals surface area contributed by atoms with E-state index in [1.807, 2.05) is 23.9 Å². The van der Waals surface area contributed by atoms with Crippen LogP contribution in [0.2, 0.25) is 0 Å². The van der Waals surface area contributed by atoms with E-state index >= 15 is 0 Å². The van der Waals surface area contributed by atoms with Gasteiger partial charge < -0.3 is 14.5 Å². The highest BCUT2D eigenvalue weighted by Gasteiger charge is 2.15. The van der Waals surface area contributed by atoms with Gasteiger partial charge in [0.25, 0.3) is 0 Å². The van der Waals surface area contributed by atoms with Crippen molar-refractivity contribution >= 4 is 11.8 Å². The SMILES string of the molecule is CC(CNCC1CCCO1)SCc1ccco1. The molecule has 0 aromatic carbocycles. The molecule has 1 fully saturated rings. The molecule has 1 N–H and O–H groups in total. The first-order valence-electron chi connectivity index (χ1n) is 6.31.